The van der Waals surface area contributed by atoms with E-state index in [0.29, 0.717) is 12.3 Å². The van der Waals surface area contributed by atoms with Gasteiger partial charge in [-0.15, -0.1) is 0 Å². The Morgan fingerprint density at radius 1 is 1.16 bits per heavy atom. The molecular weight excluding hydrogens is 314 g/mol. The van der Waals surface area contributed by atoms with Crippen molar-refractivity contribution in [3.63, 3.8) is 0 Å². The highest BCUT2D eigenvalue weighted by molar-refractivity contribution is 6.04. The van der Waals surface area contributed by atoms with Gasteiger partial charge < -0.3 is 10.1 Å². The number of fused-ring (bicyclic) bond motifs is 1. The van der Waals surface area contributed by atoms with E-state index in [1.807, 2.05) is 60.8 Å². The first-order valence-corrected chi connectivity index (χ1v) is 8.64. The molecule has 3 rings (SSSR count). The zero-order chi connectivity index (χ0) is 17.8. The number of ether oxygens (including phenoxy) is 1. The first kappa shape index (κ1) is 17.0. The van der Waals surface area contributed by atoms with E-state index in [-0.39, 0.29) is 5.91 Å². The van der Waals surface area contributed by atoms with Gasteiger partial charge in [0.05, 0.1) is 12.3 Å². The smallest absolute Gasteiger partial charge is 0.274 e. The van der Waals surface area contributed by atoms with Crippen LogP contribution in [-0.4, -0.2) is 21.9 Å². The molecular formula is C20H23N3O2. The summed E-state index contributed by atoms with van der Waals surface area (Å²) in [7, 11) is 0. The van der Waals surface area contributed by atoms with E-state index >= 15 is 0 Å². The Morgan fingerprint density at radius 3 is 2.60 bits per heavy atom. The number of carbonyl (C=O) groups excluding carboxylic acids is 1. The molecule has 0 aliphatic carbocycles. The fourth-order valence-corrected chi connectivity index (χ4v) is 2.84. The number of aromatic nitrogens is 2. The number of hydrogen-bond acceptors (Lipinski definition) is 3. The minimum Gasteiger partial charge on any atom is -0.494 e. The molecule has 1 amide bonds. The van der Waals surface area contributed by atoms with Crippen LogP contribution in [0, 0.1) is 6.92 Å². The Morgan fingerprint density at radius 2 is 1.92 bits per heavy atom. The molecule has 0 saturated carbocycles. The van der Waals surface area contributed by atoms with Crippen molar-refractivity contribution in [3.05, 3.63) is 59.5 Å². The Hall–Kier alpha value is -2.82. The predicted octanol–water partition coefficient (Wildman–Crippen LogP) is 4.25. The topological polar surface area (TPSA) is 55.6 Å². The third-order valence-electron chi connectivity index (χ3n) is 3.96. The summed E-state index contributed by atoms with van der Waals surface area (Å²) < 4.78 is 7.31. The largest absolute Gasteiger partial charge is 0.494 e. The van der Waals surface area contributed by atoms with E-state index in [0.717, 1.165) is 41.2 Å². The van der Waals surface area contributed by atoms with Crippen LogP contribution >= 0.6 is 0 Å². The second kappa shape index (κ2) is 7.38. The predicted molar refractivity (Wildman–Crippen MR) is 99.5 cm³/mol. The van der Waals surface area contributed by atoms with Crippen molar-refractivity contribution in [3.8, 4) is 5.75 Å². The van der Waals surface area contributed by atoms with E-state index in [9.17, 15) is 4.79 Å². The second-order valence-electron chi connectivity index (χ2n) is 6.00. The maximum atomic E-state index is 12.9. The highest BCUT2D eigenvalue weighted by atomic mass is 16.5. The monoisotopic (exact) mass is 337 g/mol. The van der Waals surface area contributed by atoms with Crippen LogP contribution in [0.1, 0.15) is 42.0 Å². The van der Waals surface area contributed by atoms with Gasteiger partial charge in [0.25, 0.3) is 5.91 Å². The molecule has 0 unspecified atom stereocenters. The van der Waals surface area contributed by atoms with Gasteiger partial charge in [-0.2, -0.15) is 0 Å². The quantitative estimate of drug-likeness (QED) is 0.732. The third-order valence-corrected chi connectivity index (χ3v) is 3.96. The maximum absolute atomic E-state index is 12.9. The Labute approximate surface area is 147 Å². The average Bonchev–Trinajstić information content (AvgIpc) is 2.94. The molecule has 0 saturated heterocycles. The van der Waals surface area contributed by atoms with E-state index in [2.05, 4.69) is 17.2 Å². The first-order valence-electron chi connectivity index (χ1n) is 8.64. The Balaban J connectivity index is 1.92. The molecule has 0 spiro atoms. The van der Waals surface area contributed by atoms with Crippen molar-refractivity contribution in [1.29, 1.82) is 0 Å². The number of carbonyl (C=O) groups is 1. The van der Waals surface area contributed by atoms with E-state index in [1.54, 1.807) is 0 Å². The van der Waals surface area contributed by atoms with Gasteiger partial charge in [0, 0.05) is 11.9 Å². The lowest BCUT2D eigenvalue weighted by Crippen LogP contribution is -2.16. The number of benzene rings is 1. The highest BCUT2D eigenvalue weighted by Gasteiger charge is 2.19. The summed E-state index contributed by atoms with van der Waals surface area (Å²) in [5, 5.41) is 2.97. The molecule has 5 heteroatoms. The van der Waals surface area contributed by atoms with Crippen LogP contribution in [0.2, 0.25) is 0 Å². The fraction of sp³-hybridized carbons (Fsp3) is 0.300. The summed E-state index contributed by atoms with van der Waals surface area (Å²) >= 11 is 0. The zero-order valence-corrected chi connectivity index (χ0v) is 14.9. The van der Waals surface area contributed by atoms with Crippen molar-refractivity contribution in [1.82, 2.24) is 9.38 Å². The summed E-state index contributed by atoms with van der Waals surface area (Å²) in [5.41, 5.74) is 4.05. The van der Waals surface area contributed by atoms with Gasteiger partial charge in [0.1, 0.15) is 17.1 Å². The maximum Gasteiger partial charge on any atom is 0.274 e. The van der Waals surface area contributed by atoms with Gasteiger partial charge in [-0.1, -0.05) is 19.4 Å². The number of nitrogens with zero attached hydrogens (tertiary/aromatic N) is 2. The standard InChI is InChI=1S/C20H23N3O2/c1-4-6-17-19(23-13-14(3)7-12-18(23)22-17)20(24)21-15-8-10-16(11-9-15)25-5-2/h7-13H,4-6H2,1-3H3,(H,21,24). The number of hydrogen-bond donors (Lipinski definition) is 1. The van der Waals surface area contributed by atoms with Crippen molar-refractivity contribution in [2.75, 3.05) is 11.9 Å². The molecule has 0 atom stereocenters. The molecule has 5 nitrogen and oxygen atoms in total. The van der Waals surface area contributed by atoms with Gasteiger partial charge in [-0.25, -0.2) is 4.98 Å². The highest BCUT2D eigenvalue weighted by Crippen LogP contribution is 2.20. The van der Waals surface area contributed by atoms with E-state index in [1.165, 1.54) is 0 Å². The van der Waals surface area contributed by atoms with Crippen molar-refractivity contribution >= 4 is 17.2 Å². The van der Waals surface area contributed by atoms with Gasteiger partial charge in [-0.3, -0.25) is 9.20 Å². The fourth-order valence-electron chi connectivity index (χ4n) is 2.84. The summed E-state index contributed by atoms with van der Waals surface area (Å²) in [6.07, 6.45) is 3.66. The number of aryl methyl sites for hydroxylation is 2. The van der Waals surface area contributed by atoms with Crippen LogP contribution < -0.4 is 10.1 Å². The molecule has 3 aromatic rings. The molecule has 1 aromatic carbocycles. The lowest BCUT2D eigenvalue weighted by atomic mass is 10.2. The number of amides is 1. The lowest BCUT2D eigenvalue weighted by Gasteiger charge is -2.08. The average molecular weight is 337 g/mol. The number of pyridine rings is 1. The number of nitrogens with one attached hydrogen (secondary N) is 1. The van der Waals surface area contributed by atoms with E-state index < -0.39 is 0 Å². The van der Waals surface area contributed by atoms with Crippen LogP contribution in [0.15, 0.2) is 42.6 Å². The van der Waals surface area contributed by atoms with Crippen LogP contribution in [0.5, 0.6) is 5.75 Å². The molecule has 0 aliphatic rings. The number of imidazole rings is 1. The van der Waals surface area contributed by atoms with E-state index in [4.69, 9.17) is 4.74 Å². The lowest BCUT2D eigenvalue weighted by molar-refractivity contribution is 0.102. The molecule has 2 heterocycles. The minimum absolute atomic E-state index is 0.147. The molecule has 0 radical (unpaired) electrons. The van der Waals surface area contributed by atoms with Gasteiger partial charge >= 0.3 is 0 Å². The zero-order valence-electron chi connectivity index (χ0n) is 14.9. The summed E-state index contributed by atoms with van der Waals surface area (Å²) in [6, 6.07) is 11.3. The van der Waals surface area contributed by atoms with Gasteiger partial charge in [-0.05, 0) is 56.2 Å². The number of rotatable bonds is 6. The SMILES string of the molecule is CCCc1nc2ccc(C)cn2c1C(=O)Nc1ccc(OCC)cc1. The van der Waals surface area contributed by atoms with Crippen LogP contribution in [0.25, 0.3) is 5.65 Å². The summed E-state index contributed by atoms with van der Waals surface area (Å²) in [4.78, 5) is 17.5. The van der Waals surface area contributed by atoms with Crippen LogP contribution in [0.4, 0.5) is 5.69 Å². The minimum atomic E-state index is -0.147. The molecule has 1 N–H and O–H groups in total. The molecule has 0 fully saturated rings. The second-order valence-corrected chi connectivity index (χ2v) is 6.00. The molecule has 0 bridgehead atoms. The van der Waals surface area contributed by atoms with Gasteiger partial charge in [0.2, 0.25) is 0 Å². The normalized spacial score (nSPS) is 10.8. The van der Waals surface area contributed by atoms with Crippen LogP contribution in [0.3, 0.4) is 0 Å². The van der Waals surface area contributed by atoms with Crippen molar-refractivity contribution in [2.45, 2.75) is 33.6 Å². The molecule has 130 valence electrons. The molecule has 2 aromatic heterocycles. The third kappa shape index (κ3) is 3.65. The van der Waals surface area contributed by atoms with Crippen LogP contribution in [-0.2, 0) is 6.42 Å². The Bertz CT molecular complexity index is 882. The Kier molecular flexibility index (Phi) is 5.03. The number of anilines is 1. The summed E-state index contributed by atoms with van der Waals surface area (Å²) in [5.74, 6) is 0.642. The first-order chi connectivity index (χ1) is 12.1. The molecule has 0 aliphatic heterocycles. The van der Waals surface area contributed by atoms with Crippen molar-refractivity contribution in [2.24, 2.45) is 0 Å². The molecule has 25 heavy (non-hydrogen) atoms. The van der Waals surface area contributed by atoms with Gasteiger partial charge in [0.15, 0.2) is 0 Å². The summed E-state index contributed by atoms with van der Waals surface area (Å²) in [6.45, 7) is 6.65. The van der Waals surface area contributed by atoms with Crippen molar-refractivity contribution < 1.29 is 9.53 Å².